The molecule has 1 aromatic heterocycles. The lowest BCUT2D eigenvalue weighted by Gasteiger charge is -2.48. The molecule has 1 fully saturated rings. The summed E-state index contributed by atoms with van der Waals surface area (Å²) in [5.74, 6) is 0.264. The maximum atomic E-state index is 15.0. The summed E-state index contributed by atoms with van der Waals surface area (Å²) in [6.45, 7) is 8.58. The standard InChI is InChI=1S/C24H31FN2O4S/c1-23(2,3)27-11-9-24(10-12-27)8-7-18-13-19(20(25)14-22(18)31-24)21-6-5-17(15-26-21)16-30-32(4,28)29/h5-6,13-15H,7-12,16H2,1-4H3. The van der Waals surface area contributed by atoms with Crippen LogP contribution in [0, 0.1) is 5.82 Å². The van der Waals surface area contributed by atoms with Crippen LogP contribution < -0.4 is 4.74 Å². The summed E-state index contributed by atoms with van der Waals surface area (Å²) in [7, 11) is -3.53. The molecular formula is C24H31FN2O4S. The molecule has 3 heterocycles. The van der Waals surface area contributed by atoms with Gasteiger partial charge in [-0.15, -0.1) is 0 Å². The molecule has 32 heavy (non-hydrogen) atoms. The van der Waals surface area contributed by atoms with Crippen LogP contribution >= 0.6 is 0 Å². The average molecular weight is 463 g/mol. The van der Waals surface area contributed by atoms with Gasteiger partial charge in [-0.1, -0.05) is 6.07 Å². The Kier molecular flexibility index (Phi) is 6.07. The van der Waals surface area contributed by atoms with Crippen LogP contribution in [0.1, 0.15) is 51.2 Å². The van der Waals surface area contributed by atoms with E-state index in [4.69, 9.17) is 8.92 Å². The van der Waals surface area contributed by atoms with Crippen LogP contribution in [0.3, 0.4) is 0 Å². The van der Waals surface area contributed by atoms with Gasteiger partial charge in [-0.25, -0.2) is 4.39 Å². The van der Waals surface area contributed by atoms with E-state index in [0.29, 0.717) is 22.6 Å². The van der Waals surface area contributed by atoms with Crippen LogP contribution in [0.4, 0.5) is 4.39 Å². The Bertz CT molecular complexity index is 1090. The Balaban J connectivity index is 1.49. The third-order valence-corrected chi connectivity index (χ3v) is 7.04. The van der Waals surface area contributed by atoms with Crippen LogP contribution in [0.25, 0.3) is 11.3 Å². The maximum absolute atomic E-state index is 15.0. The van der Waals surface area contributed by atoms with Gasteiger partial charge in [0.25, 0.3) is 10.1 Å². The van der Waals surface area contributed by atoms with E-state index in [1.807, 2.05) is 6.07 Å². The monoisotopic (exact) mass is 462 g/mol. The molecule has 0 saturated carbocycles. The number of hydrogen-bond donors (Lipinski definition) is 0. The fourth-order valence-electron chi connectivity index (χ4n) is 4.51. The molecule has 0 unspecified atom stereocenters. The summed E-state index contributed by atoms with van der Waals surface area (Å²) in [6, 6.07) is 6.70. The highest BCUT2D eigenvalue weighted by Gasteiger charge is 2.41. The first-order valence-corrected chi connectivity index (χ1v) is 12.8. The SMILES string of the molecule is CC(C)(C)N1CCC2(CCc3cc(-c4ccc(COS(C)(=O)=O)cn4)c(F)cc3O2)CC1. The number of benzene rings is 1. The molecular weight excluding hydrogens is 431 g/mol. The van der Waals surface area contributed by atoms with E-state index in [-0.39, 0.29) is 23.6 Å². The van der Waals surface area contributed by atoms with E-state index in [9.17, 15) is 8.42 Å². The Morgan fingerprint density at radius 1 is 1.19 bits per heavy atom. The molecule has 0 atom stereocenters. The molecule has 6 nitrogen and oxygen atoms in total. The molecule has 0 aliphatic carbocycles. The number of nitrogens with zero attached hydrogens (tertiary/aromatic N) is 2. The van der Waals surface area contributed by atoms with Crippen molar-refractivity contribution < 1.29 is 21.7 Å². The van der Waals surface area contributed by atoms with E-state index < -0.39 is 10.1 Å². The Hall–Kier alpha value is -2.03. The van der Waals surface area contributed by atoms with Crippen molar-refractivity contribution in [3.63, 3.8) is 0 Å². The van der Waals surface area contributed by atoms with E-state index in [0.717, 1.165) is 50.6 Å². The predicted molar refractivity (Wildman–Crippen MR) is 122 cm³/mol. The number of aryl methyl sites for hydroxylation is 1. The lowest BCUT2D eigenvalue weighted by atomic mass is 9.81. The second-order valence-corrected chi connectivity index (χ2v) is 11.5. The zero-order valence-electron chi connectivity index (χ0n) is 19.2. The second kappa shape index (κ2) is 8.39. The number of likely N-dealkylation sites (tertiary alicyclic amines) is 1. The van der Waals surface area contributed by atoms with Gasteiger partial charge in [0.1, 0.15) is 17.2 Å². The van der Waals surface area contributed by atoms with E-state index in [1.165, 1.54) is 12.3 Å². The lowest BCUT2D eigenvalue weighted by Crippen LogP contribution is -2.54. The molecule has 0 bridgehead atoms. The van der Waals surface area contributed by atoms with Gasteiger partial charge in [0.2, 0.25) is 0 Å². The molecule has 8 heteroatoms. The Labute approximate surface area is 189 Å². The summed E-state index contributed by atoms with van der Waals surface area (Å²) in [5, 5.41) is 0. The lowest BCUT2D eigenvalue weighted by molar-refractivity contribution is -0.0357. The summed E-state index contributed by atoms with van der Waals surface area (Å²) in [6.07, 6.45) is 6.18. The summed E-state index contributed by atoms with van der Waals surface area (Å²) < 4.78 is 48.5. The molecule has 2 aliphatic heterocycles. The second-order valence-electron chi connectivity index (χ2n) is 9.90. The van der Waals surface area contributed by atoms with Gasteiger partial charge in [0.05, 0.1) is 18.6 Å². The molecule has 4 rings (SSSR count). The van der Waals surface area contributed by atoms with Gasteiger partial charge in [0, 0.05) is 36.5 Å². The van der Waals surface area contributed by atoms with Crippen molar-refractivity contribution in [1.82, 2.24) is 9.88 Å². The maximum Gasteiger partial charge on any atom is 0.264 e. The topological polar surface area (TPSA) is 68.7 Å². The van der Waals surface area contributed by atoms with Crippen molar-refractivity contribution in [2.24, 2.45) is 0 Å². The van der Waals surface area contributed by atoms with Gasteiger partial charge in [-0.2, -0.15) is 8.42 Å². The Morgan fingerprint density at radius 3 is 2.50 bits per heavy atom. The third kappa shape index (κ3) is 5.13. The quantitative estimate of drug-likeness (QED) is 0.631. The first kappa shape index (κ1) is 23.1. The number of ether oxygens (including phenoxy) is 1. The van der Waals surface area contributed by atoms with Crippen LogP contribution in [-0.4, -0.2) is 48.8 Å². The summed E-state index contributed by atoms with van der Waals surface area (Å²) >= 11 is 0. The number of pyridine rings is 1. The minimum Gasteiger partial charge on any atom is -0.487 e. The highest BCUT2D eigenvalue weighted by atomic mass is 32.2. The van der Waals surface area contributed by atoms with Crippen LogP contribution in [0.5, 0.6) is 5.75 Å². The van der Waals surface area contributed by atoms with Crippen molar-refractivity contribution in [1.29, 1.82) is 0 Å². The zero-order chi connectivity index (χ0) is 23.1. The van der Waals surface area contributed by atoms with E-state index in [1.54, 1.807) is 12.1 Å². The van der Waals surface area contributed by atoms with Gasteiger partial charge in [0.15, 0.2) is 0 Å². The van der Waals surface area contributed by atoms with Crippen LogP contribution in [0.2, 0.25) is 0 Å². The predicted octanol–water partition coefficient (Wildman–Crippen LogP) is 4.32. The van der Waals surface area contributed by atoms with Gasteiger partial charge in [-0.05, 0) is 69.7 Å². The van der Waals surface area contributed by atoms with Crippen molar-refractivity contribution in [3.05, 3.63) is 47.4 Å². The highest BCUT2D eigenvalue weighted by Crippen LogP contribution is 2.42. The molecule has 1 saturated heterocycles. The Morgan fingerprint density at radius 2 is 1.91 bits per heavy atom. The van der Waals surface area contributed by atoms with Crippen LogP contribution in [-0.2, 0) is 27.3 Å². The van der Waals surface area contributed by atoms with Crippen molar-refractivity contribution >= 4 is 10.1 Å². The van der Waals surface area contributed by atoms with Crippen molar-refractivity contribution in [2.75, 3.05) is 19.3 Å². The van der Waals surface area contributed by atoms with Crippen LogP contribution in [0.15, 0.2) is 30.5 Å². The first-order chi connectivity index (χ1) is 14.9. The van der Waals surface area contributed by atoms with Crippen molar-refractivity contribution in [2.45, 2.75) is 64.2 Å². The van der Waals surface area contributed by atoms with Gasteiger partial charge < -0.3 is 4.74 Å². The molecule has 1 aromatic carbocycles. The fourth-order valence-corrected chi connectivity index (χ4v) is 4.86. The molecule has 2 aromatic rings. The molecule has 0 amide bonds. The van der Waals surface area contributed by atoms with E-state index >= 15 is 4.39 Å². The number of rotatable bonds is 4. The van der Waals surface area contributed by atoms with Gasteiger partial charge in [-0.3, -0.25) is 14.1 Å². The van der Waals surface area contributed by atoms with Crippen molar-refractivity contribution in [3.8, 4) is 17.0 Å². The summed E-state index contributed by atoms with van der Waals surface area (Å²) in [5.41, 5.74) is 2.45. The fraction of sp³-hybridized carbons (Fsp3) is 0.542. The molecule has 0 N–H and O–H groups in total. The minimum atomic E-state index is -3.53. The zero-order valence-corrected chi connectivity index (χ0v) is 20.0. The van der Waals surface area contributed by atoms with E-state index in [2.05, 4.69) is 30.7 Å². The average Bonchev–Trinajstić information content (AvgIpc) is 2.71. The third-order valence-electron chi connectivity index (χ3n) is 6.49. The number of fused-ring (bicyclic) bond motifs is 1. The van der Waals surface area contributed by atoms with Gasteiger partial charge >= 0.3 is 0 Å². The number of piperidine rings is 1. The summed E-state index contributed by atoms with van der Waals surface area (Å²) in [4.78, 5) is 6.80. The molecule has 2 aliphatic rings. The largest absolute Gasteiger partial charge is 0.487 e. The highest BCUT2D eigenvalue weighted by molar-refractivity contribution is 7.85. The number of aromatic nitrogens is 1. The smallest absolute Gasteiger partial charge is 0.264 e. The number of halogens is 1. The normalized spacial score (nSPS) is 18.9. The molecule has 174 valence electrons. The minimum absolute atomic E-state index is 0.0959. The number of hydrogen-bond acceptors (Lipinski definition) is 6. The molecule has 1 spiro atoms. The molecule has 0 radical (unpaired) electrons. The first-order valence-electron chi connectivity index (χ1n) is 11.0.